The molecule has 0 saturated carbocycles. The summed E-state index contributed by atoms with van der Waals surface area (Å²) in [5, 5.41) is 11.8. The second kappa shape index (κ2) is 10.8. The number of alkyl halides is 1. The highest BCUT2D eigenvalue weighted by Crippen LogP contribution is 2.14. The average molecular weight is 480 g/mol. The largest absolute Gasteiger partial charge is 0.480 e. The molecule has 1 aromatic heterocycles. The Morgan fingerprint density at radius 3 is 2.64 bits per heavy atom. The van der Waals surface area contributed by atoms with Crippen LogP contribution in [0.2, 0.25) is 0 Å². The molecule has 1 amide bonds. The van der Waals surface area contributed by atoms with Crippen LogP contribution in [0.25, 0.3) is 0 Å². The summed E-state index contributed by atoms with van der Waals surface area (Å²) in [5.74, 6) is -1.09. The molecule has 0 spiro atoms. The molecule has 1 heterocycles. The van der Waals surface area contributed by atoms with E-state index in [1.54, 1.807) is 10.6 Å². The van der Waals surface area contributed by atoms with Gasteiger partial charge in [-0.2, -0.15) is 11.8 Å². The summed E-state index contributed by atoms with van der Waals surface area (Å²) in [6.45, 7) is 4.48. The van der Waals surface area contributed by atoms with Crippen molar-refractivity contribution in [3.63, 3.8) is 0 Å². The lowest BCUT2D eigenvalue weighted by Crippen LogP contribution is -2.44. The number of nitrogens with one attached hydrogen (secondary N) is 1. The SMILES string of the molecule is CCCCn1c(C)c(CI)cc(C(=O)N[C@@H](CCSC)C(=O)O)c1=O. The standard InChI is InChI=1S/C17H25IN2O4S/c1-4-5-7-20-11(2)12(10-18)9-13(16(20)22)15(21)19-14(17(23)24)6-8-25-3/h9,14H,4-8,10H2,1-3H3,(H,19,21)(H,23,24)/t14-/m0/s1. The fourth-order valence-corrected chi connectivity index (χ4v) is 3.67. The zero-order valence-corrected chi connectivity index (χ0v) is 17.8. The van der Waals surface area contributed by atoms with Crippen molar-refractivity contribution < 1.29 is 14.7 Å². The summed E-state index contributed by atoms with van der Waals surface area (Å²) in [4.78, 5) is 36.6. The summed E-state index contributed by atoms with van der Waals surface area (Å²) < 4.78 is 2.30. The van der Waals surface area contributed by atoms with E-state index in [9.17, 15) is 19.5 Å². The van der Waals surface area contributed by atoms with Crippen molar-refractivity contribution >= 4 is 46.2 Å². The van der Waals surface area contributed by atoms with Gasteiger partial charge in [-0.15, -0.1) is 0 Å². The molecule has 2 N–H and O–H groups in total. The normalized spacial score (nSPS) is 12.0. The number of carbonyl (C=O) groups is 2. The third kappa shape index (κ3) is 6.02. The van der Waals surface area contributed by atoms with Crippen LogP contribution in [-0.4, -0.2) is 39.6 Å². The second-order valence-electron chi connectivity index (χ2n) is 5.76. The number of carboxylic acid groups (broad SMARTS) is 1. The molecule has 6 nitrogen and oxygen atoms in total. The van der Waals surface area contributed by atoms with Gasteiger partial charge in [-0.1, -0.05) is 35.9 Å². The summed E-state index contributed by atoms with van der Waals surface area (Å²) in [6, 6.07) is 0.600. The molecule has 25 heavy (non-hydrogen) atoms. The molecule has 0 aliphatic carbocycles. The Morgan fingerprint density at radius 1 is 1.44 bits per heavy atom. The van der Waals surface area contributed by atoms with Gasteiger partial charge in [0.2, 0.25) is 0 Å². The Hall–Kier alpha value is -1.03. The van der Waals surface area contributed by atoms with Gasteiger partial charge < -0.3 is 15.0 Å². The number of hydrogen-bond acceptors (Lipinski definition) is 4. The van der Waals surface area contributed by atoms with Gasteiger partial charge in [0.25, 0.3) is 11.5 Å². The molecule has 0 aromatic carbocycles. The molecule has 0 aliphatic rings. The number of amides is 1. The van der Waals surface area contributed by atoms with E-state index < -0.39 is 17.9 Å². The molecule has 1 atom stereocenters. The summed E-state index contributed by atoms with van der Waals surface area (Å²) in [6.07, 6.45) is 3.98. The fraction of sp³-hybridized carbons (Fsp3) is 0.588. The fourth-order valence-electron chi connectivity index (χ4n) is 2.42. The Morgan fingerprint density at radius 2 is 2.12 bits per heavy atom. The zero-order chi connectivity index (χ0) is 19.0. The number of carbonyl (C=O) groups excluding carboxylic acids is 1. The smallest absolute Gasteiger partial charge is 0.326 e. The molecule has 0 radical (unpaired) electrons. The second-order valence-corrected chi connectivity index (χ2v) is 7.51. The van der Waals surface area contributed by atoms with Gasteiger partial charge >= 0.3 is 5.97 Å². The molecule has 1 aromatic rings. The number of aromatic nitrogens is 1. The van der Waals surface area contributed by atoms with Crippen LogP contribution in [-0.2, 0) is 15.8 Å². The first-order valence-electron chi connectivity index (χ1n) is 8.19. The van der Waals surface area contributed by atoms with Gasteiger partial charge in [0.15, 0.2) is 0 Å². The van der Waals surface area contributed by atoms with Crippen LogP contribution in [0.4, 0.5) is 0 Å². The topological polar surface area (TPSA) is 88.4 Å². The van der Waals surface area contributed by atoms with E-state index in [-0.39, 0.29) is 11.1 Å². The first kappa shape index (κ1) is 22.0. The molecular formula is C17H25IN2O4S. The summed E-state index contributed by atoms with van der Waals surface area (Å²) in [5.41, 5.74) is 1.44. The Labute approximate surface area is 165 Å². The highest BCUT2D eigenvalue weighted by atomic mass is 127. The molecule has 0 bridgehead atoms. The first-order valence-corrected chi connectivity index (χ1v) is 11.1. The number of thioether (sulfide) groups is 1. The van der Waals surface area contributed by atoms with Crippen LogP contribution in [0.5, 0.6) is 0 Å². The van der Waals surface area contributed by atoms with Crippen molar-refractivity contribution in [2.45, 2.75) is 50.1 Å². The minimum absolute atomic E-state index is 0.0174. The van der Waals surface area contributed by atoms with Crippen LogP contribution >= 0.6 is 34.4 Å². The molecule has 0 fully saturated rings. The number of carboxylic acids is 1. The number of rotatable bonds is 10. The summed E-state index contributed by atoms with van der Waals surface area (Å²) >= 11 is 3.71. The minimum Gasteiger partial charge on any atom is -0.480 e. The molecular weight excluding hydrogens is 455 g/mol. The predicted octanol–water partition coefficient (Wildman–Crippen LogP) is 2.83. The summed E-state index contributed by atoms with van der Waals surface area (Å²) in [7, 11) is 0. The zero-order valence-electron chi connectivity index (χ0n) is 14.8. The maximum atomic E-state index is 12.7. The number of halogens is 1. The molecule has 0 saturated heterocycles. The lowest BCUT2D eigenvalue weighted by molar-refractivity contribution is -0.139. The van der Waals surface area contributed by atoms with E-state index >= 15 is 0 Å². The van der Waals surface area contributed by atoms with E-state index in [0.29, 0.717) is 23.1 Å². The Bertz CT molecular complexity index is 675. The van der Waals surface area contributed by atoms with Crippen LogP contribution in [0.15, 0.2) is 10.9 Å². The van der Waals surface area contributed by atoms with Gasteiger partial charge in [0, 0.05) is 16.7 Å². The van der Waals surface area contributed by atoms with E-state index in [1.807, 2.05) is 20.1 Å². The van der Waals surface area contributed by atoms with Crippen molar-refractivity contribution in [3.05, 3.63) is 33.2 Å². The van der Waals surface area contributed by atoms with Gasteiger partial charge in [-0.05, 0) is 43.4 Å². The third-order valence-electron chi connectivity index (χ3n) is 4.00. The quantitative estimate of drug-likeness (QED) is 0.397. The maximum Gasteiger partial charge on any atom is 0.326 e. The number of unbranched alkanes of at least 4 members (excludes halogenated alkanes) is 1. The monoisotopic (exact) mass is 480 g/mol. The number of hydrogen-bond donors (Lipinski definition) is 2. The molecule has 8 heteroatoms. The maximum absolute atomic E-state index is 12.7. The minimum atomic E-state index is -1.09. The molecule has 1 rings (SSSR count). The lowest BCUT2D eigenvalue weighted by Gasteiger charge is -2.17. The number of pyridine rings is 1. The van der Waals surface area contributed by atoms with E-state index in [4.69, 9.17) is 0 Å². The third-order valence-corrected chi connectivity index (χ3v) is 5.47. The Balaban J connectivity index is 3.19. The van der Waals surface area contributed by atoms with Crippen molar-refractivity contribution in [1.82, 2.24) is 9.88 Å². The van der Waals surface area contributed by atoms with Gasteiger partial charge in [0.1, 0.15) is 11.6 Å². The van der Waals surface area contributed by atoms with Crippen molar-refractivity contribution in [1.29, 1.82) is 0 Å². The molecule has 0 aliphatic heterocycles. The van der Waals surface area contributed by atoms with Crippen molar-refractivity contribution in [2.24, 2.45) is 0 Å². The molecule has 140 valence electrons. The first-order chi connectivity index (χ1) is 11.9. The van der Waals surface area contributed by atoms with Crippen LogP contribution < -0.4 is 10.9 Å². The Kier molecular flexibility index (Phi) is 9.55. The number of nitrogens with zero attached hydrogens (tertiary/aromatic N) is 1. The number of aliphatic carboxylic acids is 1. The van der Waals surface area contributed by atoms with E-state index in [1.165, 1.54) is 11.8 Å². The highest BCUT2D eigenvalue weighted by Gasteiger charge is 2.23. The van der Waals surface area contributed by atoms with Gasteiger partial charge in [-0.3, -0.25) is 9.59 Å². The lowest BCUT2D eigenvalue weighted by atomic mass is 10.1. The van der Waals surface area contributed by atoms with E-state index in [2.05, 4.69) is 27.9 Å². The van der Waals surface area contributed by atoms with Crippen LogP contribution in [0, 0.1) is 6.92 Å². The average Bonchev–Trinajstić information content (AvgIpc) is 2.58. The predicted molar refractivity (Wildman–Crippen MR) is 110 cm³/mol. The van der Waals surface area contributed by atoms with Crippen molar-refractivity contribution in [3.8, 4) is 0 Å². The van der Waals surface area contributed by atoms with Gasteiger partial charge in [0.05, 0.1) is 0 Å². The van der Waals surface area contributed by atoms with E-state index in [0.717, 1.165) is 24.1 Å². The van der Waals surface area contributed by atoms with Crippen LogP contribution in [0.1, 0.15) is 47.8 Å². The van der Waals surface area contributed by atoms with Crippen LogP contribution in [0.3, 0.4) is 0 Å². The van der Waals surface area contributed by atoms with Gasteiger partial charge in [-0.25, -0.2) is 4.79 Å². The highest BCUT2D eigenvalue weighted by molar-refractivity contribution is 14.1. The van der Waals surface area contributed by atoms with Crippen molar-refractivity contribution in [2.75, 3.05) is 12.0 Å². The molecule has 0 unspecified atom stereocenters.